The van der Waals surface area contributed by atoms with E-state index in [1.54, 1.807) is 0 Å². The van der Waals surface area contributed by atoms with E-state index in [0.29, 0.717) is 6.54 Å². The normalized spacial score (nSPS) is 13.2. The van der Waals surface area contributed by atoms with Gasteiger partial charge < -0.3 is 0 Å². The Balaban J connectivity index is 1.79. The number of hydrogen-bond acceptors (Lipinski definition) is 5. The van der Waals surface area contributed by atoms with Crippen molar-refractivity contribution in [1.82, 2.24) is 35.5 Å². The Labute approximate surface area is 141 Å². The highest BCUT2D eigenvalue weighted by molar-refractivity contribution is 5.24. The molecule has 1 atom stereocenters. The molecule has 126 valence electrons. The molecule has 0 spiro atoms. The number of nitrogens with zero attached hydrogens (tertiary/aromatic N) is 5. The zero-order valence-corrected chi connectivity index (χ0v) is 14.5. The van der Waals surface area contributed by atoms with Gasteiger partial charge in [-0.25, -0.2) is 9.67 Å². The molecule has 0 radical (unpaired) electrons. The maximum atomic E-state index is 4.47. The van der Waals surface area contributed by atoms with E-state index in [1.807, 2.05) is 36.0 Å². The molecule has 2 N–H and O–H groups in total. The summed E-state index contributed by atoms with van der Waals surface area (Å²) >= 11 is 0. The van der Waals surface area contributed by atoms with Crippen molar-refractivity contribution < 1.29 is 0 Å². The van der Waals surface area contributed by atoms with Crippen LogP contribution < -0.4 is 5.32 Å². The average Bonchev–Trinajstić information content (AvgIpc) is 3.18. The Bertz CT molecular complexity index is 783. The summed E-state index contributed by atoms with van der Waals surface area (Å²) in [7, 11) is 0. The van der Waals surface area contributed by atoms with Gasteiger partial charge in [-0.2, -0.15) is 5.10 Å². The molecular weight excluding hydrogens is 302 g/mol. The lowest BCUT2D eigenvalue weighted by Gasteiger charge is -2.17. The van der Waals surface area contributed by atoms with Crippen molar-refractivity contribution in [3.63, 3.8) is 0 Å². The summed E-state index contributed by atoms with van der Waals surface area (Å²) in [6.45, 7) is 8.78. The first-order valence-corrected chi connectivity index (χ1v) is 8.02. The van der Waals surface area contributed by atoms with Gasteiger partial charge in [0.1, 0.15) is 5.82 Å². The minimum atomic E-state index is -0.101. The Morgan fingerprint density at radius 3 is 2.54 bits per heavy atom. The lowest BCUT2D eigenvalue weighted by molar-refractivity contribution is 0.347. The maximum absolute atomic E-state index is 4.47. The summed E-state index contributed by atoms with van der Waals surface area (Å²) < 4.78 is 1.87. The molecule has 3 rings (SSSR count). The lowest BCUT2D eigenvalue weighted by atomic mass is 10.1. The molecule has 7 nitrogen and oxygen atoms in total. The monoisotopic (exact) mass is 325 g/mol. The molecule has 0 amide bonds. The highest BCUT2D eigenvalue weighted by Crippen LogP contribution is 2.19. The highest BCUT2D eigenvalue weighted by atomic mass is 15.4. The van der Waals surface area contributed by atoms with Crippen LogP contribution in [-0.4, -0.2) is 30.2 Å². The molecule has 2 aromatic heterocycles. The quantitative estimate of drug-likeness (QED) is 0.752. The molecule has 2 heterocycles. The topological polar surface area (TPSA) is 84.3 Å². The fourth-order valence-corrected chi connectivity index (χ4v) is 2.41. The Morgan fingerprint density at radius 1 is 1.21 bits per heavy atom. The van der Waals surface area contributed by atoms with Crippen LogP contribution in [0.15, 0.2) is 36.5 Å². The van der Waals surface area contributed by atoms with Gasteiger partial charge in [0.25, 0.3) is 0 Å². The second kappa shape index (κ2) is 6.52. The first-order chi connectivity index (χ1) is 11.4. The molecule has 0 saturated carbocycles. The van der Waals surface area contributed by atoms with Gasteiger partial charge in [-0.3, -0.25) is 10.4 Å². The van der Waals surface area contributed by atoms with Crippen LogP contribution in [0.5, 0.6) is 0 Å². The van der Waals surface area contributed by atoms with Gasteiger partial charge in [0.15, 0.2) is 5.82 Å². The molecule has 0 bridgehead atoms. The Hall–Kier alpha value is -2.54. The van der Waals surface area contributed by atoms with Crippen molar-refractivity contribution in [2.45, 2.75) is 45.8 Å². The largest absolute Gasteiger partial charge is 0.298 e. The second-order valence-electron chi connectivity index (χ2n) is 6.83. The van der Waals surface area contributed by atoms with E-state index in [0.717, 1.165) is 22.9 Å². The number of aromatic amines is 1. The molecule has 0 fully saturated rings. The standard InChI is InChI=1S/C17H23N7/c1-12-19-16(22-20-12)15(13-8-6-5-7-9-13)18-10-14-11-24(23-21-14)17(2,3)4/h5-9,11,15,18H,10H2,1-4H3,(H,19,20,22)/t15-/m0/s1. The number of H-pyrrole nitrogens is 1. The third-order valence-corrected chi connectivity index (χ3v) is 3.72. The minimum Gasteiger partial charge on any atom is -0.298 e. The van der Waals surface area contributed by atoms with E-state index in [4.69, 9.17) is 0 Å². The smallest absolute Gasteiger partial charge is 0.172 e. The highest BCUT2D eigenvalue weighted by Gasteiger charge is 2.19. The number of nitrogens with one attached hydrogen (secondary N) is 2. The number of rotatable bonds is 5. The fourth-order valence-electron chi connectivity index (χ4n) is 2.41. The molecule has 3 aromatic rings. The summed E-state index contributed by atoms with van der Waals surface area (Å²) in [5.74, 6) is 1.52. The SMILES string of the molecule is Cc1nc([C@@H](NCc2cn(C(C)(C)C)nn2)c2ccccc2)n[nH]1. The van der Waals surface area contributed by atoms with Crippen LogP contribution in [0.4, 0.5) is 0 Å². The van der Waals surface area contributed by atoms with Crippen LogP contribution >= 0.6 is 0 Å². The van der Waals surface area contributed by atoms with Crippen molar-refractivity contribution >= 4 is 0 Å². The molecule has 0 aliphatic rings. The number of aryl methyl sites for hydroxylation is 1. The van der Waals surface area contributed by atoms with Crippen LogP contribution in [0.25, 0.3) is 0 Å². The van der Waals surface area contributed by atoms with Crippen molar-refractivity contribution in [2.75, 3.05) is 0 Å². The predicted molar refractivity (Wildman–Crippen MR) is 91.3 cm³/mol. The molecule has 1 aromatic carbocycles. The first kappa shape index (κ1) is 16.3. The summed E-state index contributed by atoms with van der Waals surface area (Å²) in [4.78, 5) is 4.47. The van der Waals surface area contributed by atoms with Gasteiger partial charge in [-0.05, 0) is 33.3 Å². The van der Waals surface area contributed by atoms with Crippen molar-refractivity contribution in [3.8, 4) is 0 Å². The number of benzene rings is 1. The fraction of sp³-hybridized carbons (Fsp3) is 0.412. The minimum absolute atomic E-state index is 0.0784. The molecular formula is C17H23N7. The molecule has 24 heavy (non-hydrogen) atoms. The Morgan fingerprint density at radius 2 is 1.96 bits per heavy atom. The van der Waals surface area contributed by atoms with E-state index in [9.17, 15) is 0 Å². The molecule has 0 aliphatic heterocycles. The zero-order valence-electron chi connectivity index (χ0n) is 14.5. The predicted octanol–water partition coefficient (Wildman–Crippen LogP) is 2.34. The molecule has 0 unspecified atom stereocenters. The summed E-state index contributed by atoms with van der Waals surface area (Å²) in [6, 6.07) is 10.1. The first-order valence-electron chi connectivity index (χ1n) is 8.02. The van der Waals surface area contributed by atoms with Crippen molar-refractivity contribution in [3.05, 3.63) is 59.4 Å². The third kappa shape index (κ3) is 3.68. The summed E-state index contributed by atoms with van der Waals surface area (Å²) in [6.07, 6.45) is 1.97. The Kier molecular flexibility index (Phi) is 4.44. The van der Waals surface area contributed by atoms with Gasteiger partial charge in [0.05, 0.1) is 23.5 Å². The molecule has 0 aliphatic carbocycles. The zero-order chi connectivity index (χ0) is 17.2. The number of aromatic nitrogens is 6. The number of hydrogen-bond donors (Lipinski definition) is 2. The van der Waals surface area contributed by atoms with E-state index in [-0.39, 0.29) is 11.6 Å². The van der Waals surface area contributed by atoms with Crippen LogP contribution in [0.2, 0.25) is 0 Å². The summed E-state index contributed by atoms with van der Waals surface area (Å²) in [5.41, 5.74) is 1.92. The molecule has 0 saturated heterocycles. The second-order valence-corrected chi connectivity index (χ2v) is 6.83. The third-order valence-electron chi connectivity index (χ3n) is 3.72. The van der Waals surface area contributed by atoms with Crippen LogP contribution in [0.1, 0.15) is 49.7 Å². The van der Waals surface area contributed by atoms with E-state index < -0.39 is 0 Å². The van der Waals surface area contributed by atoms with Crippen molar-refractivity contribution in [2.24, 2.45) is 0 Å². The van der Waals surface area contributed by atoms with Crippen LogP contribution in [0.3, 0.4) is 0 Å². The van der Waals surface area contributed by atoms with Crippen LogP contribution in [-0.2, 0) is 12.1 Å². The van der Waals surface area contributed by atoms with E-state index in [2.05, 4.69) is 63.7 Å². The van der Waals surface area contributed by atoms with E-state index >= 15 is 0 Å². The van der Waals surface area contributed by atoms with Crippen LogP contribution in [0, 0.1) is 6.92 Å². The average molecular weight is 325 g/mol. The molecule has 7 heteroatoms. The van der Waals surface area contributed by atoms with E-state index in [1.165, 1.54) is 0 Å². The van der Waals surface area contributed by atoms with Crippen molar-refractivity contribution in [1.29, 1.82) is 0 Å². The van der Waals surface area contributed by atoms with Gasteiger partial charge in [0.2, 0.25) is 0 Å². The van der Waals surface area contributed by atoms with Gasteiger partial charge in [-0.15, -0.1) is 5.10 Å². The maximum Gasteiger partial charge on any atom is 0.172 e. The summed E-state index contributed by atoms with van der Waals surface area (Å²) in [5, 5.41) is 19.2. The van der Waals surface area contributed by atoms with Gasteiger partial charge >= 0.3 is 0 Å². The van der Waals surface area contributed by atoms with Gasteiger partial charge in [-0.1, -0.05) is 35.5 Å². The lowest BCUT2D eigenvalue weighted by Crippen LogP contribution is -2.24. The van der Waals surface area contributed by atoms with Gasteiger partial charge in [0, 0.05) is 6.54 Å².